The van der Waals surface area contributed by atoms with E-state index in [4.69, 9.17) is 10.5 Å². The van der Waals surface area contributed by atoms with E-state index in [1.54, 1.807) is 12.1 Å². The lowest BCUT2D eigenvalue weighted by Gasteiger charge is -2.12. The molecule has 0 amide bonds. The second-order valence-electron chi connectivity index (χ2n) is 4.04. The second-order valence-corrected chi connectivity index (χ2v) is 4.04. The smallest absolute Gasteiger partial charge is 0.127 e. The first-order chi connectivity index (χ1) is 7.67. The predicted octanol–water partition coefficient (Wildman–Crippen LogP) is 2.99. The third kappa shape index (κ3) is 3.91. The van der Waals surface area contributed by atoms with Crippen molar-refractivity contribution in [3.63, 3.8) is 0 Å². The summed E-state index contributed by atoms with van der Waals surface area (Å²) in [5.74, 6) is -0.243. The minimum absolute atomic E-state index is 0.226. The van der Waals surface area contributed by atoms with Crippen molar-refractivity contribution in [1.29, 1.82) is 0 Å². The van der Waals surface area contributed by atoms with Crippen LogP contribution in [0.25, 0.3) is 0 Å². The van der Waals surface area contributed by atoms with Crippen molar-refractivity contribution in [2.75, 3.05) is 0 Å². The van der Waals surface area contributed by atoms with Crippen LogP contribution < -0.4 is 5.73 Å². The Hall–Kier alpha value is -0.930. The van der Waals surface area contributed by atoms with Gasteiger partial charge in [-0.25, -0.2) is 4.39 Å². The average Bonchev–Trinajstić information content (AvgIpc) is 2.28. The Kier molecular flexibility index (Phi) is 5.43. The molecule has 1 aromatic carbocycles. The van der Waals surface area contributed by atoms with Crippen molar-refractivity contribution in [3.05, 3.63) is 35.1 Å². The summed E-state index contributed by atoms with van der Waals surface area (Å²) in [5.41, 5.74) is 6.96. The molecular formula is C13H20FNO. The molecular weight excluding hydrogens is 205 g/mol. The van der Waals surface area contributed by atoms with E-state index in [9.17, 15) is 4.39 Å². The van der Waals surface area contributed by atoms with Crippen LogP contribution in [0.2, 0.25) is 0 Å². The molecule has 0 heterocycles. The molecule has 1 aromatic rings. The molecule has 0 aliphatic carbocycles. The SMILES string of the molecule is CCCC(C)OCc1ccc(F)c(CN)c1. The number of hydrogen-bond donors (Lipinski definition) is 1. The van der Waals surface area contributed by atoms with Gasteiger partial charge in [-0.05, 0) is 31.0 Å². The first kappa shape index (κ1) is 13.1. The maximum Gasteiger partial charge on any atom is 0.127 e. The van der Waals surface area contributed by atoms with Crippen LogP contribution in [0.1, 0.15) is 37.8 Å². The predicted molar refractivity (Wildman–Crippen MR) is 63.5 cm³/mol. The molecule has 90 valence electrons. The van der Waals surface area contributed by atoms with Gasteiger partial charge in [-0.15, -0.1) is 0 Å². The fourth-order valence-electron chi connectivity index (χ4n) is 1.60. The van der Waals surface area contributed by atoms with Gasteiger partial charge in [-0.3, -0.25) is 0 Å². The summed E-state index contributed by atoms with van der Waals surface area (Å²) >= 11 is 0. The first-order valence-corrected chi connectivity index (χ1v) is 5.76. The van der Waals surface area contributed by atoms with E-state index in [1.165, 1.54) is 6.07 Å². The summed E-state index contributed by atoms with van der Waals surface area (Å²) in [7, 11) is 0. The number of ether oxygens (including phenoxy) is 1. The van der Waals surface area contributed by atoms with Crippen molar-refractivity contribution in [2.24, 2.45) is 5.73 Å². The summed E-state index contributed by atoms with van der Waals surface area (Å²) in [4.78, 5) is 0. The van der Waals surface area contributed by atoms with Gasteiger partial charge in [0.05, 0.1) is 12.7 Å². The molecule has 0 saturated heterocycles. The first-order valence-electron chi connectivity index (χ1n) is 5.76. The second kappa shape index (κ2) is 6.61. The molecule has 0 saturated carbocycles. The van der Waals surface area contributed by atoms with Gasteiger partial charge in [0, 0.05) is 12.1 Å². The molecule has 1 rings (SSSR count). The Morgan fingerprint density at radius 3 is 2.81 bits per heavy atom. The zero-order chi connectivity index (χ0) is 12.0. The lowest BCUT2D eigenvalue weighted by atomic mass is 10.1. The Balaban J connectivity index is 2.54. The average molecular weight is 225 g/mol. The normalized spacial score (nSPS) is 12.8. The highest BCUT2D eigenvalue weighted by molar-refractivity contribution is 5.24. The third-order valence-electron chi connectivity index (χ3n) is 2.56. The molecule has 0 aromatic heterocycles. The maximum absolute atomic E-state index is 13.2. The lowest BCUT2D eigenvalue weighted by Crippen LogP contribution is -2.08. The molecule has 0 radical (unpaired) electrons. The van der Waals surface area contributed by atoms with Gasteiger partial charge in [0.25, 0.3) is 0 Å². The van der Waals surface area contributed by atoms with Gasteiger partial charge in [0.2, 0.25) is 0 Å². The largest absolute Gasteiger partial charge is 0.374 e. The molecule has 2 N–H and O–H groups in total. The quantitative estimate of drug-likeness (QED) is 0.807. The highest BCUT2D eigenvalue weighted by Gasteiger charge is 2.04. The highest BCUT2D eigenvalue weighted by Crippen LogP contribution is 2.12. The fourth-order valence-corrected chi connectivity index (χ4v) is 1.60. The van der Waals surface area contributed by atoms with Crippen LogP contribution in [0.15, 0.2) is 18.2 Å². The zero-order valence-electron chi connectivity index (χ0n) is 10.0. The number of benzene rings is 1. The minimum Gasteiger partial charge on any atom is -0.374 e. The molecule has 0 bridgehead atoms. The topological polar surface area (TPSA) is 35.2 Å². The standard InChI is InChI=1S/C13H20FNO/c1-3-4-10(2)16-9-11-5-6-13(14)12(7-11)8-15/h5-7,10H,3-4,8-9,15H2,1-2H3. The van der Waals surface area contributed by atoms with Crippen LogP contribution in [-0.2, 0) is 17.9 Å². The molecule has 0 fully saturated rings. The Morgan fingerprint density at radius 1 is 1.44 bits per heavy atom. The van der Waals surface area contributed by atoms with Gasteiger partial charge in [0.15, 0.2) is 0 Å². The summed E-state index contributed by atoms with van der Waals surface area (Å²) in [6, 6.07) is 4.96. The summed E-state index contributed by atoms with van der Waals surface area (Å²) in [6.45, 7) is 4.93. The van der Waals surface area contributed by atoms with Crippen LogP contribution in [0.3, 0.4) is 0 Å². The van der Waals surface area contributed by atoms with Crippen molar-refractivity contribution < 1.29 is 9.13 Å². The van der Waals surface area contributed by atoms with E-state index >= 15 is 0 Å². The number of hydrogen-bond acceptors (Lipinski definition) is 2. The summed E-state index contributed by atoms with van der Waals surface area (Å²) in [6.07, 6.45) is 2.40. The number of nitrogens with two attached hydrogens (primary N) is 1. The van der Waals surface area contributed by atoms with Gasteiger partial charge >= 0.3 is 0 Å². The van der Waals surface area contributed by atoms with Crippen LogP contribution in [-0.4, -0.2) is 6.10 Å². The molecule has 0 spiro atoms. The van der Waals surface area contributed by atoms with E-state index in [1.807, 2.05) is 0 Å². The van der Waals surface area contributed by atoms with E-state index in [-0.39, 0.29) is 18.5 Å². The Labute approximate surface area is 96.6 Å². The van der Waals surface area contributed by atoms with E-state index < -0.39 is 0 Å². The van der Waals surface area contributed by atoms with Crippen molar-refractivity contribution in [1.82, 2.24) is 0 Å². The summed E-state index contributed by atoms with van der Waals surface area (Å²) < 4.78 is 18.8. The molecule has 1 unspecified atom stereocenters. The molecule has 1 atom stereocenters. The van der Waals surface area contributed by atoms with Gasteiger partial charge in [-0.1, -0.05) is 19.4 Å². The van der Waals surface area contributed by atoms with E-state index in [2.05, 4.69) is 13.8 Å². The van der Waals surface area contributed by atoms with Crippen molar-refractivity contribution >= 4 is 0 Å². The third-order valence-corrected chi connectivity index (χ3v) is 2.56. The van der Waals surface area contributed by atoms with Gasteiger partial charge in [-0.2, -0.15) is 0 Å². The molecule has 2 nitrogen and oxygen atoms in total. The Bertz CT molecular complexity index is 328. The Morgan fingerprint density at radius 2 is 2.19 bits per heavy atom. The summed E-state index contributed by atoms with van der Waals surface area (Å²) in [5, 5.41) is 0. The van der Waals surface area contributed by atoms with Crippen molar-refractivity contribution in [3.8, 4) is 0 Å². The van der Waals surface area contributed by atoms with Crippen LogP contribution in [0.4, 0.5) is 4.39 Å². The molecule has 0 aliphatic heterocycles. The molecule has 0 aliphatic rings. The van der Waals surface area contributed by atoms with Crippen LogP contribution >= 0.6 is 0 Å². The monoisotopic (exact) mass is 225 g/mol. The van der Waals surface area contributed by atoms with Gasteiger partial charge < -0.3 is 10.5 Å². The molecule has 16 heavy (non-hydrogen) atoms. The fraction of sp³-hybridized carbons (Fsp3) is 0.538. The minimum atomic E-state index is -0.243. The highest BCUT2D eigenvalue weighted by atomic mass is 19.1. The zero-order valence-corrected chi connectivity index (χ0v) is 10.0. The van der Waals surface area contributed by atoms with Crippen LogP contribution in [0.5, 0.6) is 0 Å². The maximum atomic E-state index is 13.2. The van der Waals surface area contributed by atoms with Crippen molar-refractivity contribution in [2.45, 2.75) is 45.9 Å². The lowest BCUT2D eigenvalue weighted by molar-refractivity contribution is 0.0471. The number of rotatable bonds is 6. The van der Waals surface area contributed by atoms with Gasteiger partial charge in [0.1, 0.15) is 5.82 Å². The van der Waals surface area contributed by atoms with Crippen LogP contribution in [0, 0.1) is 5.82 Å². The van der Waals surface area contributed by atoms with E-state index in [0.717, 1.165) is 18.4 Å². The van der Waals surface area contributed by atoms with E-state index in [0.29, 0.717) is 12.2 Å². The number of halogens is 1. The molecule has 3 heteroatoms.